The Morgan fingerprint density at radius 3 is 2.36 bits per heavy atom. The number of alkyl halides is 1. The smallest absolute Gasteiger partial charge is 0.211 e. The maximum atomic E-state index is 11.5. The van der Waals surface area contributed by atoms with Gasteiger partial charge in [0.25, 0.3) is 0 Å². The molecule has 0 aliphatic heterocycles. The summed E-state index contributed by atoms with van der Waals surface area (Å²) < 4.78 is 24.4. The molecule has 0 spiro atoms. The molecule has 82 valence electrons. The van der Waals surface area contributed by atoms with Gasteiger partial charge in [-0.25, -0.2) is 8.42 Å². The Morgan fingerprint density at radius 1 is 1.29 bits per heavy atom. The van der Waals surface area contributed by atoms with Crippen molar-refractivity contribution in [2.24, 2.45) is 0 Å². The summed E-state index contributed by atoms with van der Waals surface area (Å²) in [6.07, 6.45) is 5.00. The lowest BCUT2D eigenvalue weighted by atomic mass is 10.3. The first-order chi connectivity index (χ1) is 6.58. The molecule has 0 aromatic rings. The van der Waals surface area contributed by atoms with Gasteiger partial charge in [-0.05, 0) is 12.8 Å². The molecule has 14 heavy (non-hydrogen) atoms. The highest BCUT2D eigenvalue weighted by Crippen LogP contribution is 2.07. The third kappa shape index (κ3) is 4.93. The first kappa shape index (κ1) is 13.9. The molecule has 3 nitrogen and oxygen atoms in total. The van der Waals surface area contributed by atoms with Gasteiger partial charge in [-0.1, -0.05) is 28.1 Å². The Labute approximate surface area is 94.7 Å². The van der Waals surface area contributed by atoms with Crippen molar-refractivity contribution in [1.29, 1.82) is 0 Å². The molecule has 0 aromatic carbocycles. The Kier molecular flexibility index (Phi) is 7.13. The largest absolute Gasteiger partial charge is 0.224 e. The lowest BCUT2D eigenvalue weighted by Crippen LogP contribution is -2.32. The van der Waals surface area contributed by atoms with E-state index in [-0.39, 0.29) is 4.66 Å². The van der Waals surface area contributed by atoms with Crippen LogP contribution in [0.1, 0.15) is 12.8 Å². The van der Waals surface area contributed by atoms with Gasteiger partial charge in [0, 0.05) is 13.1 Å². The van der Waals surface area contributed by atoms with Crippen molar-refractivity contribution in [2.45, 2.75) is 12.8 Å². The predicted molar refractivity (Wildman–Crippen MR) is 63.9 cm³/mol. The zero-order valence-electron chi connectivity index (χ0n) is 8.15. The van der Waals surface area contributed by atoms with Crippen LogP contribution in [0.5, 0.6) is 0 Å². The van der Waals surface area contributed by atoms with Crippen molar-refractivity contribution in [3.63, 3.8) is 0 Å². The van der Waals surface area contributed by atoms with Crippen LogP contribution in [0.3, 0.4) is 0 Å². The molecule has 0 radical (unpaired) electrons. The van der Waals surface area contributed by atoms with E-state index in [0.29, 0.717) is 13.1 Å². The summed E-state index contributed by atoms with van der Waals surface area (Å²) in [5.41, 5.74) is 0. The van der Waals surface area contributed by atoms with Crippen LogP contribution in [0.2, 0.25) is 0 Å². The average Bonchev–Trinajstić information content (AvgIpc) is 2.17. The fourth-order valence-electron chi connectivity index (χ4n) is 0.969. The molecule has 0 bridgehead atoms. The summed E-state index contributed by atoms with van der Waals surface area (Å²) in [6, 6.07) is 0. The highest BCUT2D eigenvalue weighted by atomic mass is 79.9. The minimum atomic E-state index is -3.16. The van der Waals surface area contributed by atoms with Gasteiger partial charge in [-0.15, -0.1) is 13.2 Å². The van der Waals surface area contributed by atoms with Gasteiger partial charge in [-0.2, -0.15) is 4.31 Å². The van der Waals surface area contributed by atoms with E-state index in [9.17, 15) is 8.42 Å². The number of hydrogen-bond acceptors (Lipinski definition) is 2. The number of allylic oxidation sites excluding steroid dienone is 1. The fourth-order valence-corrected chi connectivity index (χ4v) is 2.72. The minimum Gasteiger partial charge on any atom is -0.211 e. The Balaban J connectivity index is 4.28. The average molecular weight is 282 g/mol. The summed E-state index contributed by atoms with van der Waals surface area (Å²) >= 11 is 2.97. The predicted octanol–water partition coefficient (Wildman–Crippen LogP) is 2.12. The first-order valence-corrected chi connectivity index (χ1v) is 7.07. The SMILES string of the molecule is C=CCCCN(CC=C)S(=O)(=O)CBr. The zero-order chi connectivity index (χ0) is 11.0. The molecule has 0 N–H and O–H groups in total. The standard InChI is InChI=1S/C9H16BrNO2S/c1-3-5-6-8-11(7-4-2)14(12,13)9-10/h3-4H,1-2,5-9H2. The number of nitrogens with zero attached hydrogens (tertiary/aromatic N) is 1. The van der Waals surface area contributed by atoms with E-state index < -0.39 is 10.0 Å². The number of rotatable bonds is 8. The third-order valence-electron chi connectivity index (χ3n) is 1.68. The monoisotopic (exact) mass is 281 g/mol. The second-order valence-corrected chi connectivity index (χ2v) is 6.07. The van der Waals surface area contributed by atoms with Gasteiger partial charge < -0.3 is 0 Å². The molecule has 5 heteroatoms. The van der Waals surface area contributed by atoms with E-state index in [1.807, 2.05) is 0 Å². The van der Waals surface area contributed by atoms with E-state index in [1.54, 1.807) is 12.2 Å². The van der Waals surface area contributed by atoms with Gasteiger partial charge in [0.05, 0.1) is 0 Å². The quantitative estimate of drug-likeness (QED) is 0.388. The van der Waals surface area contributed by atoms with Crippen molar-refractivity contribution in [2.75, 3.05) is 17.8 Å². The van der Waals surface area contributed by atoms with Gasteiger partial charge in [0.2, 0.25) is 10.0 Å². The third-order valence-corrected chi connectivity index (χ3v) is 4.81. The number of unbranched alkanes of at least 4 members (excludes halogenated alkanes) is 1. The van der Waals surface area contributed by atoms with Crippen LogP contribution < -0.4 is 0 Å². The molecule has 0 saturated heterocycles. The van der Waals surface area contributed by atoms with Crippen LogP contribution in [0.15, 0.2) is 25.3 Å². The Hall–Kier alpha value is -0.130. The molecule has 0 unspecified atom stereocenters. The van der Waals surface area contributed by atoms with E-state index in [1.165, 1.54) is 4.31 Å². The number of sulfonamides is 1. The summed E-state index contributed by atoms with van der Waals surface area (Å²) in [5.74, 6) is 0. The normalized spacial score (nSPS) is 11.6. The summed E-state index contributed by atoms with van der Waals surface area (Å²) in [4.78, 5) is 0. The highest BCUT2D eigenvalue weighted by Gasteiger charge is 2.18. The molecule has 0 amide bonds. The molecule has 0 saturated carbocycles. The van der Waals surface area contributed by atoms with Gasteiger partial charge in [0.1, 0.15) is 4.66 Å². The summed E-state index contributed by atoms with van der Waals surface area (Å²) in [5, 5.41) is 0. The highest BCUT2D eigenvalue weighted by molar-refractivity contribution is 9.10. The van der Waals surface area contributed by atoms with E-state index in [2.05, 4.69) is 29.1 Å². The van der Waals surface area contributed by atoms with Crippen LogP contribution in [0.25, 0.3) is 0 Å². The molecule has 0 aromatic heterocycles. The maximum Gasteiger partial charge on any atom is 0.224 e. The lowest BCUT2D eigenvalue weighted by molar-refractivity contribution is 0.440. The van der Waals surface area contributed by atoms with Gasteiger partial charge >= 0.3 is 0 Å². The molecule has 0 heterocycles. The molecule has 0 aliphatic carbocycles. The molecular formula is C9H16BrNO2S. The molecule has 0 aliphatic rings. The molecule has 0 fully saturated rings. The van der Waals surface area contributed by atoms with Gasteiger partial charge in [-0.3, -0.25) is 0 Å². The van der Waals surface area contributed by atoms with Crippen LogP contribution in [0, 0.1) is 0 Å². The summed E-state index contributed by atoms with van der Waals surface area (Å²) in [7, 11) is -3.16. The van der Waals surface area contributed by atoms with Gasteiger partial charge in [0.15, 0.2) is 0 Å². The Bertz CT molecular complexity index is 275. The van der Waals surface area contributed by atoms with Crippen molar-refractivity contribution in [3.8, 4) is 0 Å². The first-order valence-electron chi connectivity index (χ1n) is 4.34. The van der Waals surface area contributed by atoms with Crippen LogP contribution >= 0.6 is 15.9 Å². The Morgan fingerprint density at radius 2 is 1.93 bits per heavy atom. The molecular weight excluding hydrogens is 266 g/mol. The second-order valence-electron chi connectivity index (χ2n) is 2.80. The zero-order valence-corrected chi connectivity index (χ0v) is 10.6. The summed E-state index contributed by atoms with van der Waals surface area (Å²) in [6.45, 7) is 8.01. The van der Waals surface area contributed by atoms with Crippen molar-refractivity contribution in [1.82, 2.24) is 4.31 Å². The fraction of sp³-hybridized carbons (Fsp3) is 0.556. The van der Waals surface area contributed by atoms with Crippen LogP contribution in [-0.2, 0) is 10.0 Å². The van der Waals surface area contributed by atoms with Crippen molar-refractivity contribution < 1.29 is 8.42 Å². The number of hydrogen-bond donors (Lipinski definition) is 0. The molecule has 0 rings (SSSR count). The van der Waals surface area contributed by atoms with E-state index in [0.717, 1.165) is 12.8 Å². The van der Waals surface area contributed by atoms with E-state index in [4.69, 9.17) is 0 Å². The van der Waals surface area contributed by atoms with Crippen LogP contribution in [0.4, 0.5) is 0 Å². The number of halogens is 1. The maximum absolute atomic E-state index is 11.5. The van der Waals surface area contributed by atoms with Crippen LogP contribution in [-0.4, -0.2) is 30.5 Å². The topological polar surface area (TPSA) is 37.4 Å². The minimum absolute atomic E-state index is 0.0398. The lowest BCUT2D eigenvalue weighted by Gasteiger charge is -2.18. The van der Waals surface area contributed by atoms with Crippen molar-refractivity contribution >= 4 is 26.0 Å². The second kappa shape index (κ2) is 7.20. The van der Waals surface area contributed by atoms with E-state index >= 15 is 0 Å². The molecule has 0 atom stereocenters. The van der Waals surface area contributed by atoms with Crippen molar-refractivity contribution in [3.05, 3.63) is 25.3 Å².